The van der Waals surface area contributed by atoms with Crippen molar-refractivity contribution in [3.8, 4) is 0 Å². The monoisotopic (exact) mass is 376 g/mol. The Morgan fingerprint density at radius 2 is 1.44 bits per heavy atom. The van der Waals surface area contributed by atoms with Crippen LogP contribution in [0, 0.1) is 29.1 Å². The minimum Gasteiger partial charge on any atom is -0.344 e. The minimum atomic E-state index is -0.454. The van der Waals surface area contributed by atoms with Crippen molar-refractivity contribution in [2.24, 2.45) is 29.1 Å². The number of piperazine rings is 1. The van der Waals surface area contributed by atoms with E-state index in [4.69, 9.17) is 0 Å². The largest absolute Gasteiger partial charge is 0.344 e. The van der Waals surface area contributed by atoms with Crippen molar-refractivity contribution < 1.29 is 9.59 Å². The Balaban J connectivity index is 1.39. The van der Waals surface area contributed by atoms with Gasteiger partial charge in [0.15, 0.2) is 0 Å². The number of rotatable bonds is 5. The first-order chi connectivity index (χ1) is 12.8. The summed E-state index contributed by atoms with van der Waals surface area (Å²) in [5.74, 6) is 2.37. The van der Waals surface area contributed by atoms with Crippen molar-refractivity contribution >= 4 is 11.8 Å². The molecule has 0 spiro atoms. The second-order valence-corrected chi connectivity index (χ2v) is 10.2. The fourth-order valence-electron chi connectivity index (χ4n) is 6.36. The van der Waals surface area contributed by atoms with E-state index in [-0.39, 0.29) is 23.1 Å². The van der Waals surface area contributed by atoms with E-state index in [9.17, 15) is 9.59 Å². The zero-order valence-corrected chi connectivity index (χ0v) is 17.2. The molecule has 1 aliphatic heterocycles. The normalized spacial score (nSPS) is 37.4. The van der Waals surface area contributed by atoms with E-state index in [0.29, 0.717) is 0 Å². The molecule has 0 aromatic carbocycles. The second-order valence-electron chi connectivity index (χ2n) is 10.2. The van der Waals surface area contributed by atoms with Gasteiger partial charge in [-0.15, -0.1) is 0 Å². The first kappa shape index (κ1) is 19.2. The zero-order chi connectivity index (χ0) is 19.2. The van der Waals surface area contributed by atoms with Gasteiger partial charge in [-0.25, -0.2) is 5.01 Å². The molecule has 4 bridgehead atoms. The van der Waals surface area contributed by atoms with Gasteiger partial charge in [0.05, 0.1) is 0 Å². The van der Waals surface area contributed by atoms with Crippen LogP contribution in [0.25, 0.3) is 0 Å². The van der Waals surface area contributed by atoms with Crippen LogP contribution in [0.5, 0.6) is 0 Å². The molecule has 5 aliphatic rings. The van der Waals surface area contributed by atoms with Gasteiger partial charge in [0.2, 0.25) is 5.91 Å². The van der Waals surface area contributed by atoms with Gasteiger partial charge in [0.1, 0.15) is 6.04 Å². The van der Waals surface area contributed by atoms with Gasteiger partial charge in [-0.1, -0.05) is 13.8 Å². The highest BCUT2D eigenvalue weighted by Gasteiger charge is 2.55. The van der Waals surface area contributed by atoms with Crippen LogP contribution in [0.15, 0.2) is 0 Å². The van der Waals surface area contributed by atoms with Crippen LogP contribution in [-0.4, -0.2) is 61.0 Å². The Hall–Kier alpha value is -1.14. The highest BCUT2D eigenvalue weighted by Crippen LogP contribution is 2.60. The maximum Gasteiger partial charge on any atom is 0.257 e. The summed E-state index contributed by atoms with van der Waals surface area (Å²) in [4.78, 5) is 28.5. The molecule has 4 saturated carbocycles. The third-order valence-electron chi connectivity index (χ3n) is 7.53. The standard InChI is InChI=1S/C21H36N4O2/c1-14(2)18(19(26)23-25-6-4-24(3)5-7-25)22-20(27)21-11-15-8-16(12-21)10-17(9-15)13-21/h14-18H,4-13H2,1-3H3,(H,22,27)(H,23,26)/t15?,16?,17?,18-,21?/m0/s1. The summed E-state index contributed by atoms with van der Waals surface area (Å²) in [6.07, 6.45) is 7.08. The highest BCUT2D eigenvalue weighted by molar-refractivity contribution is 5.90. The van der Waals surface area contributed by atoms with Crippen LogP contribution in [0.1, 0.15) is 52.4 Å². The van der Waals surface area contributed by atoms with Crippen LogP contribution in [-0.2, 0) is 9.59 Å². The van der Waals surface area contributed by atoms with E-state index >= 15 is 0 Å². The molecule has 5 fully saturated rings. The van der Waals surface area contributed by atoms with E-state index in [2.05, 4.69) is 22.7 Å². The molecule has 152 valence electrons. The molecule has 1 atom stereocenters. The third-order valence-corrected chi connectivity index (χ3v) is 7.53. The minimum absolute atomic E-state index is 0.0624. The summed E-state index contributed by atoms with van der Waals surface area (Å²) >= 11 is 0. The van der Waals surface area contributed by atoms with E-state index in [1.165, 1.54) is 19.3 Å². The number of hydrogen-bond donors (Lipinski definition) is 2. The third kappa shape index (κ3) is 3.88. The van der Waals surface area contributed by atoms with Crippen LogP contribution in [0.3, 0.4) is 0 Å². The number of nitrogens with one attached hydrogen (secondary N) is 2. The molecular weight excluding hydrogens is 340 g/mol. The highest BCUT2D eigenvalue weighted by atomic mass is 16.2. The molecule has 2 N–H and O–H groups in total. The van der Waals surface area contributed by atoms with Crippen molar-refractivity contribution in [1.29, 1.82) is 0 Å². The number of amides is 2. The fourth-order valence-corrected chi connectivity index (χ4v) is 6.36. The van der Waals surface area contributed by atoms with Gasteiger partial charge < -0.3 is 10.2 Å². The second kappa shape index (κ2) is 7.36. The predicted molar refractivity (Wildman–Crippen MR) is 105 cm³/mol. The lowest BCUT2D eigenvalue weighted by molar-refractivity contribution is -0.149. The maximum absolute atomic E-state index is 13.3. The molecule has 4 aliphatic carbocycles. The number of nitrogens with zero attached hydrogens (tertiary/aromatic N) is 2. The van der Waals surface area contributed by atoms with Crippen LogP contribution >= 0.6 is 0 Å². The Morgan fingerprint density at radius 3 is 1.93 bits per heavy atom. The summed E-state index contributed by atoms with van der Waals surface area (Å²) in [5.41, 5.74) is 2.85. The van der Waals surface area contributed by atoms with Crippen molar-refractivity contribution in [2.45, 2.75) is 58.4 Å². The van der Waals surface area contributed by atoms with Gasteiger partial charge >= 0.3 is 0 Å². The predicted octanol–water partition coefficient (Wildman–Crippen LogP) is 1.62. The number of likely N-dealkylation sites (N-methyl/N-ethyl adjacent to an activating group) is 1. The van der Waals surface area contributed by atoms with Crippen LogP contribution < -0.4 is 10.7 Å². The summed E-state index contributed by atoms with van der Waals surface area (Å²) in [6, 6.07) is -0.454. The Labute approximate surface area is 163 Å². The number of hydrogen-bond acceptors (Lipinski definition) is 4. The summed E-state index contributed by atoms with van der Waals surface area (Å²) in [5, 5.41) is 5.18. The van der Waals surface area contributed by atoms with Gasteiger partial charge in [0.25, 0.3) is 5.91 Å². The van der Waals surface area contributed by atoms with Crippen LogP contribution in [0.2, 0.25) is 0 Å². The van der Waals surface area contributed by atoms with E-state index in [1.807, 2.05) is 18.9 Å². The first-order valence-corrected chi connectivity index (χ1v) is 10.9. The molecule has 1 saturated heterocycles. The number of carbonyl (C=O) groups is 2. The van der Waals surface area contributed by atoms with Crippen molar-refractivity contribution in [3.05, 3.63) is 0 Å². The zero-order valence-electron chi connectivity index (χ0n) is 17.2. The molecule has 0 radical (unpaired) electrons. The van der Waals surface area contributed by atoms with Gasteiger partial charge in [0, 0.05) is 31.6 Å². The molecule has 5 rings (SSSR count). The lowest BCUT2D eigenvalue weighted by Crippen LogP contribution is -2.61. The van der Waals surface area contributed by atoms with E-state index in [1.54, 1.807) is 0 Å². The molecular formula is C21H36N4O2. The SMILES string of the molecule is CC(C)[C@H](NC(=O)C12CC3CC(CC(C3)C1)C2)C(=O)NN1CCN(C)CC1. The van der Waals surface area contributed by atoms with E-state index < -0.39 is 6.04 Å². The number of carbonyl (C=O) groups excluding carboxylic acids is 2. The molecule has 0 aromatic heterocycles. The van der Waals surface area contributed by atoms with Gasteiger partial charge in [-0.2, -0.15) is 0 Å². The van der Waals surface area contributed by atoms with Gasteiger partial charge in [-0.3, -0.25) is 15.0 Å². The molecule has 6 nitrogen and oxygen atoms in total. The van der Waals surface area contributed by atoms with Crippen molar-refractivity contribution in [2.75, 3.05) is 33.2 Å². The lowest BCUT2D eigenvalue weighted by atomic mass is 9.49. The van der Waals surface area contributed by atoms with Crippen molar-refractivity contribution in [3.63, 3.8) is 0 Å². The average Bonchev–Trinajstić information content (AvgIpc) is 2.59. The van der Waals surface area contributed by atoms with E-state index in [0.717, 1.165) is 63.2 Å². The molecule has 0 unspecified atom stereocenters. The Bertz CT molecular complexity index is 547. The van der Waals surface area contributed by atoms with Crippen molar-refractivity contribution in [1.82, 2.24) is 20.7 Å². The van der Waals surface area contributed by atoms with Gasteiger partial charge in [-0.05, 0) is 69.2 Å². The summed E-state index contributed by atoms with van der Waals surface area (Å²) in [7, 11) is 2.10. The van der Waals surface area contributed by atoms with Crippen LogP contribution in [0.4, 0.5) is 0 Å². The molecule has 1 heterocycles. The fraction of sp³-hybridized carbons (Fsp3) is 0.905. The first-order valence-electron chi connectivity index (χ1n) is 10.9. The molecule has 6 heteroatoms. The Kier molecular flexibility index (Phi) is 5.23. The Morgan fingerprint density at radius 1 is 0.926 bits per heavy atom. The molecule has 27 heavy (non-hydrogen) atoms. The molecule has 2 amide bonds. The number of hydrazine groups is 1. The average molecular weight is 377 g/mol. The lowest BCUT2D eigenvalue weighted by Gasteiger charge is -2.55. The quantitative estimate of drug-likeness (QED) is 0.765. The maximum atomic E-state index is 13.3. The summed E-state index contributed by atoms with van der Waals surface area (Å²) in [6.45, 7) is 7.60. The topological polar surface area (TPSA) is 64.7 Å². The smallest absolute Gasteiger partial charge is 0.257 e. The molecule has 0 aromatic rings. The summed E-state index contributed by atoms with van der Waals surface area (Å²) < 4.78 is 0.